The van der Waals surface area contributed by atoms with Gasteiger partial charge in [0, 0.05) is 11.8 Å². The molecule has 1 aliphatic carbocycles. The van der Waals surface area contributed by atoms with Crippen LogP contribution in [0.1, 0.15) is 24.8 Å². The van der Waals surface area contributed by atoms with Crippen molar-refractivity contribution < 1.29 is 4.74 Å². The molecule has 0 atom stereocenters. The second-order valence-electron chi connectivity index (χ2n) is 4.87. The topological polar surface area (TPSA) is 35.2 Å². The highest BCUT2D eigenvalue weighted by molar-refractivity contribution is 7.80. The van der Waals surface area contributed by atoms with Crippen molar-refractivity contribution in [1.29, 1.82) is 0 Å². The predicted octanol–water partition coefficient (Wildman–Crippen LogP) is 3.48. The average Bonchev–Trinajstić information content (AvgIpc) is 2.96. The summed E-state index contributed by atoms with van der Waals surface area (Å²) in [6.07, 6.45) is 3.04. The van der Waals surface area contributed by atoms with Crippen LogP contribution in [0, 0.1) is 12.3 Å². The SMILES string of the molecule is Cc1ccc(OCC2(CC(N)=S)CC2)c(Cl)c1. The Balaban J connectivity index is 1.96. The highest BCUT2D eigenvalue weighted by Gasteiger charge is 2.43. The van der Waals surface area contributed by atoms with Gasteiger partial charge in [-0.1, -0.05) is 29.9 Å². The summed E-state index contributed by atoms with van der Waals surface area (Å²) in [6, 6.07) is 5.81. The summed E-state index contributed by atoms with van der Waals surface area (Å²) in [5.74, 6) is 0.742. The minimum atomic E-state index is 0.167. The van der Waals surface area contributed by atoms with E-state index in [1.54, 1.807) is 0 Å². The number of rotatable bonds is 5. The molecule has 1 saturated carbocycles. The Morgan fingerprint density at radius 1 is 1.53 bits per heavy atom. The average molecular weight is 270 g/mol. The first-order chi connectivity index (χ1) is 8.01. The smallest absolute Gasteiger partial charge is 0.137 e. The van der Waals surface area contributed by atoms with E-state index in [4.69, 9.17) is 34.3 Å². The van der Waals surface area contributed by atoms with Gasteiger partial charge in [0.05, 0.1) is 16.6 Å². The number of aryl methyl sites for hydroxylation is 1. The molecule has 4 heteroatoms. The largest absolute Gasteiger partial charge is 0.491 e. The molecule has 92 valence electrons. The molecule has 1 fully saturated rings. The van der Waals surface area contributed by atoms with Crippen LogP contribution < -0.4 is 10.5 Å². The van der Waals surface area contributed by atoms with Gasteiger partial charge in [0.2, 0.25) is 0 Å². The lowest BCUT2D eigenvalue weighted by Gasteiger charge is -2.16. The summed E-state index contributed by atoms with van der Waals surface area (Å²) < 4.78 is 5.77. The van der Waals surface area contributed by atoms with Gasteiger partial charge in [0.15, 0.2) is 0 Å². The van der Waals surface area contributed by atoms with E-state index in [2.05, 4.69) is 0 Å². The van der Waals surface area contributed by atoms with Crippen molar-refractivity contribution in [2.45, 2.75) is 26.2 Å². The Morgan fingerprint density at radius 2 is 2.24 bits per heavy atom. The number of nitrogens with two attached hydrogens (primary N) is 1. The summed E-state index contributed by atoms with van der Waals surface area (Å²) in [7, 11) is 0. The zero-order valence-electron chi connectivity index (χ0n) is 9.83. The van der Waals surface area contributed by atoms with Gasteiger partial charge in [0.25, 0.3) is 0 Å². The minimum Gasteiger partial charge on any atom is -0.491 e. The van der Waals surface area contributed by atoms with Gasteiger partial charge in [-0.15, -0.1) is 0 Å². The lowest BCUT2D eigenvalue weighted by Crippen LogP contribution is -2.21. The standard InChI is InChI=1S/C13H16ClNOS/c1-9-2-3-11(10(14)6-9)16-8-13(4-5-13)7-12(15)17/h2-3,6H,4-5,7-8H2,1H3,(H2,15,17). The van der Waals surface area contributed by atoms with E-state index in [1.165, 1.54) is 0 Å². The van der Waals surface area contributed by atoms with Gasteiger partial charge in [-0.25, -0.2) is 0 Å². The third-order valence-corrected chi connectivity index (χ3v) is 3.57. The molecule has 0 aliphatic heterocycles. The number of benzene rings is 1. The lowest BCUT2D eigenvalue weighted by molar-refractivity contribution is 0.239. The van der Waals surface area contributed by atoms with E-state index in [1.807, 2.05) is 25.1 Å². The van der Waals surface area contributed by atoms with E-state index >= 15 is 0 Å². The summed E-state index contributed by atoms with van der Waals surface area (Å²) in [6.45, 7) is 2.65. The molecule has 0 spiro atoms. The van der Waals surface area contributed by atoms with Gasteiger partial charge < -0.3 is 10.5 Å². The molecule has 2 N–H and O–H groups in total. The molecular formula is C13H16ClNOS. The maximum atomic E-state index is 6.11. The molecule has 0 heterocycles. The van der Waals surface area contributed by atoms with E-state index in [-0.39, 0.29) is 5.41 Å². The Kier molecular flexibility index (Phi) is 3.59. The minimum absolute atomic E-state index is 0.167. The molecule has 1 aliphatic rings. The monoisotopic (exact) mass is 269 g/mol. The van der Waals surface area contributed by atoms with Crippen LogP contribution in [0.25, 0.3) is 0 Å². The number of halogens is 1. The van der Waals surface area contributed by atoms with Crippen LogP contribution in [-0.4, -0.2) is 11.6 Å². The van der Waals surface area contributed by atoms with Gasteiger partial charge in [-0.2, -0.15) is 0 Å². The molecule has 2 rings (SSSR count). The Bertz CT molecular complexity index is 443. The predicted molar refractivity (Wildman–Crippen MR) is 74.8 cm³/mol. The highest BCUT2D eigenvalue weighted by atomic mass is 35.5. The van der Waals surface area contributed by atoms with Crippen LogP contribution >= 0.6 is 23.8 Å². The number of thiocarbonyl (C=S) groups is 1. The van der Waals surface area contributed by atoms with E-state index in [9.17, 15) is 0 Å². The van der Waals surface area contributed by atoms with Crippen molar-refractivity contribution in [3.8, 4) is 5.75 Å². The van der Waals surface area contributed by atoms with E-state index in [0.717, 1.165) is 30.6 Å². The maximum Gasteiger partial charge on any atom is 0.137 e. The molecule has 0 saturated heterocycles. The van der Waals surface area contributed by atoms with Gasteiger partial charge in [0.1, 0.15) is 5.75 Å². The van der Waals surface area contributed by atoms with Crippen molar-refractivity contribution in [3.63, 3.8) is 0 Å². The first-order valence-electron chi connectivity index (χ1n) is 5.68. The zero-order valence-corrected chi connectivity index (χ0v) is 11.4. The van der Waals surface area contributed by atoms with Crippen LogP contribution in [0.4, 0.5) is 0 Å². The number of ether oxygens (including phenoxy) is 1. The second kappa shape index (κ2) is 4.83. The molecule has 0 radical (unpaired) electrons. The molecule has 1 aromatic carbocycles. The molecule has 0 unspecified atom stereocenters. The first kappa shape index (κ1) is 12.7. The zero-order chi connectivity index (χ0) is 12.5. The van der Waals surface area contributed by atoms with Crippen LogP contribution in [-0.2, 0) is 0 Å². The third-order valence-electron chi connectivity index (χ3n) is 3.13. The van der Waals surface area contributed by atoms with Crippen molar-refractivity contribution in [2.75, 3.05) is 6.61 Å². The molecular weight excluding hydrogens is 254 g/mol. The summed E-state index contributed by atoms with van der Waals surface area (Å²) >= 11 is 11.1. The number of hydrogen-bond acceptors (Lipinski definition) is 2. The quantitative estimate of drug-likeness (QED) is 0.831. The Labute approximate surface area is 112 Å². The van der Waals surface area contributed by atoms with E-state index < -0.39 is 0 Å². The van der Waals surface area contributed by atoms with Gasteiger partial charge in [-0.3, -0.25) is 0 Å². The maximum absolute atomic E-state index is 6.11. The molecule has 2 nitrogen and oxygen atoms in total. The molecule has 0 bridgehead atoms. The summed E-state index contributed by atoms with van der Waals surface area (Å²) in [4.78, 5) is 0.570. The van der Waals surface area contributed by atoms with Crippen LogP contribution in [0.3, 0.4) is 0 Å². The van der Waals surface area contributed by atoms with Crippen LogP contribution in [0.5, 0.6) is 5.75 Å². The summed E-state index contributed by atoms with van der Waals surface area (Å²) in [5, 5.41) is 0.663. The Hall–Kier alpha value is -0.800. The molecule has 17 heavy (non-hydrogen) atoms. The van der Waals surface area contributed by atoms with Crippen molar-refractivity contribution in [3.05, 3.63) is 28.8 Å². The van der Waals surface area contributed by atoms with Crippen molar-refractivity contribution >= 4 is 28.8 Å². The van der Waals surface area contributed by atoms with Gasteiger partial charge in [-0.05, 0) is 37.5 Å². The molecule has 1 aromatic rings. The van der Waals surface area contributed by atoms with E-state index in [0.29, 0.717) is 16.6 Å². The van der Waals surface area contributed by atoms with Crippen LogP contribution in [0.15, 0.2) is 18.2 Å². The second-order valence-corrected chi connectivity index (χ2v) is 5.80. The third kappa shape index (κ3) is 3.33. The lowest BCUT2D eigenvalue weighted by atomic mass is 10.0. The fourth-order valence-corrected chi connectivity index (χ4v) is 2.47. The Morgan fingerprint density at radius 3 is 2.76 bits per heavy atom. The fourth-order valence-electron chi connectivity index (χ4n) is 1.87. The first-order valence-corrected chi connectivity index (χ1v) is 6.47. The fraction of sp³-hybridized carbons (Fsp3) is 0.462. The highest BCUT2D eigenvalue weighted by Crippen LogP contribution is 2.49. The summed E-state index contributed by atoms with van der Waals surface area (Å²) in [5.41, 5.74) is 6.88. The van der Waals surface area contributed by atoms with Crippen molar-refractivity contribution in [2.24, 2.45) is 11.1 Å². The normalized spacial score (nSPS) is 16.6. The van der Waals surface area contributed by atoms with Crippen LogP contribution in [0.2, 0.25) is 5.02 Å². The molecule has 0 aromatic heterocycles. The molecule has 0 amide bonds. The number of hydrogen-bond donors (Lipinski definition) is 1. The van der Waals surface area contributed by atoms with Crippen molar-refractivity contribution in [1.82, 2.24) is 0 Å². The van der Waals surface area contributed by atoms with Gasteiger partial charge >= 0.3 is 0 Å².